The molecular weight excluding hydrogens is 318 g/mol. The molecule has 126 valence electrons. The molecule has 4 rings (SSSR count). The summed E-state index contributed by atoms with van der Waals surface area (Å²) in [5, 5.41) is 14.4. The first-order valence-corrected chi connectivity index (χ1v) is 7.93. The maximum absolute atomic E-state index is 5.38. The van der Waals surface area contributed by atoms with E-state index in [1.807, 2.05) is 49.4 Å². The van der Waals surface area contributed by atoms with Crippen LogP contribution in [0.25, 0.3) is 0 Å². The van der Waals surface area contributed by atoms with Gasteiger partial charge in [-0.2, -0.15) is 10.1 Å². The molecule has 1 aliphatic rings. The summed E-state index contributed by atoms with van der Waals surface area (Å²) >= 11 is 0. The molecule has 0 atom stereocenters. The van der Waals surface area contributed by atoms with Crippen molar-refractivity contribution in [3.8, 4) is 11.5 Å². The minimum Gasteiger partial charge on any atom is -0.454 e. The third-order valence-corrected chi connectivity index (χ3v) is 3.85. The highest BCUT2D eigenvalue weighted by Crippen LogP contribution is 2.32. The van der Waals surface area contributed by atoms with Crippen LogP contribution in [-0.4, -0.2) is 22.0 Å². The lowest BCUT2D eigenvalue weighted by Crippen LogP contribution is -2.06. The van der Waals surface area contributed by atoms with E-state index in [0.29, 0.717) is 18.3 Å². The number of rotatable bonds is 5. The molecule has 2 N–H and O–H groups in total. The zero-order valence-corrected chi connectivity index (χ0v) is 13.7. The second-order valence-electron chi connectivity index (χ2n) is 5.65. The van der Waals surface area contributed by atoms with Gasteiger partial charge in [-0.05, 0) is 36.2 Å². The summed E-state index contributed by atoms with van der Waals surface area (Å²) in [6.45, 7) is 2.87. The van der Waals surface area contributed by atoms with Gasteiger partial charge >= 0.3 is 0 Å². The summed E-state index contributed by atoms with van der Waals surface area (Å²) in [6, 6.07) is 13.8. The summed E-state index contributed by atoms with van der Waals surface area (Å²) in [4.78, 5) is 4.44. The molecule has 0 radical (unpaired) electrons. The SMILES string of the molecule is Cc1ccccc1Nc1cnnc(NCc2ccc3c(c2)OCO3)n1. The Hall–Kier alpha value is -3.35. The highest BCUT2D eigenvalue weighted by molar-refractivity contribution is 5.60. The predicted molar refractivity (Wildman–Crippen MR) is 94.2 cm³/mol. The Labute approximate surface area is 145 Å². The van der Waals surface area contributed by atoms with Crippen LogP contribution >= 0.6 is 0 Å². The molecule has 0 saturated carbocycles. The van der Waals surface area contributed by atoms with Gasteiger partial charge < -0.3 is 20.1 Å². The van der Waals surface area contributed by atoms with Crippen molar-refractivity contribution in [1.29, 1.82) is 0 Å². The molecule has 7 nitrogen and oxygen atoms in total. The first-order chi connectivity index (χ1) is 12.3. The van der Waals surface area contributed by atoms with E-state index < -0.39 is 0 Å². The number of aromatic nitrogens is 3. The van der Waals surface area contributed by atoms with Crippen molar-refractivity contribution < 1.29 is 9.47 Å². The third-order valence-electron chi connectivity index (χ3n) is 3.85. The average molecular weight is 335 g/mol. The second kappa shape index (κ2) is 6.64. The summed E-state index contributed by atoms with van der Waals surface area (Å²) in [6.07, 6.45) is 1.60. The predicted octanol–water partition coefficient (Wildman–Crippen LogP) is 3.26. The number of fused-ring (bicyclic) bond motifs is 1. The normalized spacial score (nSPS) is 12.0. The molecule has 7 heteroatoms. The average Bonchev–Trinajstić information content (AvgIpc) is 3.10. The number of hydrogen-bond donors (Lipinski definition) is 2. The number of para-hydroxylation sites is 1. The number of benzene rings is 2. The van der Waals surface area contributed by atoms with E-state index in [-0.39, 0.29) is 6.79 Å². The first-order valence-electron chi connectivity index (χ1n) is 7.93. The van der Waals surface area contributed by atoms with E-state index in [0.717, 1.165) is 28.3 Å². The van der Waals surface area contributed by atoms with Gasteiger partial charge in [0.25, 0.3) is 0 Å². The van der Waals surface area contributed by atoms with Gasteiger partial charge in [0.15, 0.2) is 17.3 Å². The number of ether oxygens (including phenoxy) is 2. The van der Waals surface area contributed by atoms with Crippen molar-refractivity contribution >= 4 is 17.5 Å². The Morgan fingerprint density at radius 2 is 1.96 bits per heavy atom. The van der Waals surface area contributed by atoms with Gasteiger partial charge in [-0.15, -0.1) is 5.10 Å². The van der Waals surface area contributed by atoms with Gasteiger partial charge in [-0.3, -0.25) is 0 Å². The fourth-order valence-corrected chi connectivity index (χ4v) is 2.52. The Bertz CT molecular complexity index is 900. The van der Waals surface area contributed by atoms with Gasteiger partial charge in [-0.25, -0.2) is 0 Å². The first kappa shape index (κ1) is 15.2. The van der Waals surface area contributed by atoms with E-state index in [9.17, 15) is 0 Å². The number of anilines is 3. The molecule has 0 amide bonds. The van der Waals surface area contributed by atoms with Crippen molar-refractivity contribution in [3.05, 3.63) is 59.8 Å². The molecule has 2 heterocycles. The zero-order valence-electron chi connectivity index (χ0n) is 13.7. The maximum atomic E-state index is 5.38. The fraction of sp³-hybridized carbons (Fsp3) is 0.167. The summed E-state index contributed by atoms with van der Waals surface area (Å²) in [5.74, 6) is 2.62. The van der Waals surface area contributed by atoms with Gasteiger partial charge in [0.2, 0.25) is 12.7 Å². The lowest BCUT2D eigenvalue weighted by Gasteiger charge is -2.09. The summed E-state index contributed by atoms with van der Waals surface area (Å²) in [7, 11) is 0. The molecular formula is C18H17N5O2. The van der Waals surface area contributed by atoms with Crippen LogP contribution in [0.15, 0.2) is 48.7 Å². The lowest BCUT2D eigenvalue weighted by atomic mass is 10.2. The standard InChI is InChI=1S/C18H17N5O2/c1-12-4-2-3-5-14(12)21-17-10-20-23-18(22-17)19-9-13-6-7-15-16(8-13)25-11-24-15/h2-8,10H,9,11H2,1H3,(H2,19,21,22,23). The molecule has 1 aromatic heterocycles. The summed E-state index contributed by atoms with van der Waals surface area (Å²) in [5.41, 5.74) is 3.17. The largest absolute Gasteiger partial charge is 0.454 e. The number of nitrogens with zero attached hydrogens (tertiary/aromatic N) is 3. The number of nitrogens with one attached hydrogen (secondary N) is 2. The number of aryl methyl sites for hydroxylation is 1. The molecule has 0 fully saturated rings. The van der Waals surface area contributed by atoms with Gasteiger partial charge in [-0.1, -0.05) is 24.3 Å². The van der Waals surface area contributed by atoms with Crippen molar-refractivity contribution in [2.24, 2.45) is 0 Å². The molecule has 0 spiro atoms. The van der Waals surface area contributed by atoms with Crippen LogP contribution in [0.5, 0.6) is 11.5 Å². The molecule has 0 bridgehead atoms. The molecule has 3 aromatic rings. The topological polar surface area (TPSA) is 81.2 Å². The van der Waals surface area contributed by atoms with E-state index in [2.05, 4.69) is 25.8 Å². The van der Waals surface area contributed by atoms with Crippen molar-refractivity contribution in [2.45, 2.75) is 13.5 Å². The Kier molecular flexibility index (Phi) is 4.04. The van der Waals surface area contributed by atoms with Crippen LogP contribution in [0.1, 0.15) is 11.1 Å². The van der Waals surface area contributed by atoms with Crippen LogP contribution in [0.4, 0.5) is 17.5 Å². The van der Waals surface area contributed by atoms with E-state index in [4.69, 9.17) is 9.47 Å². The Balaban J connectivity index is 1.44. The Morgan fingerprint density at radius 3 is 2.88 bits per heavy atom. The highest BCUT2D eigenvalue weighted by atomic mass is 16.7. The Morgan fingerprint density at radius 1 is 1.08 bits per heavy atom. The number of hydrogen-bond acceptors (Lipinski definition) is 7. The molecule has 25 heavy (non-hydrogen) atoms. The molecule has 0 aliphatic carbocycles. The van der Waals surface area contributed by atoms with Crippen LogP contribution in [0, 0.1) is 6.92 Å². The van der Waals surface area contributed by atoms with Crippen molar-refractivity contribution in [3.63, 3.8) is 0 Å². The van der Waals surface area contributed by atoms with Gasteiger partial charge in [0.1, 0.15) is 0 Å². The monoisotopic (exact) mass is 335 g/mol. The minimum absolute atomic E-state index is 0.270. The van der Waals surface area contributed by atoms with Gasteiger partial charge in [0, 0.05) is 12.2 Å². The minimum atomic E-state index is 0.270. The third kappa shape index (κ3) is 3.45. The highest BCUT2D eigenvalue weighted by Gasteiger charge is 2.13. The van der Waals surface area contributed by atoms with E-state index in [1.165, 1.54) is 0 Å². The quantitative estimate of drug-likeness (QED) is 0.740. The molecule has 0 unspecified atom stereocenters. The van der Waals surface area contributed by atoms with Crippen LogP contribution in [-0.2, 0) is 6.54 Å². The summed E-state index contributed by atoms with van der Waals surface area (Å²) < 4.78 is 10.7. The van der Waals surface area contributed by atoms with Crippen molar-refractivity contribution in [2.75, 3.05) is 17.4 Å². The fourth-order valence-electron chi connectivity index (χ4n) is 2.52. The maximum Gasteiger partial charge on any atom is 0.244 e. The zero-order chi connectivity index (χ0) is 17.1. The van der Waals surface area contributed by atoms with Crippen LogP contribution < -0.4 is 20.1 Å². The molecule has 2 aromatic carbocycles. The second-order valence-corrected chi connectivity index (χ2v) is 5.65. The van der Waals surface area contributed by atoms with Crippen LogP contribution in [0.2, 0.25) is 0 Å². The smallest absolute Gasteiger partial charge is 0.244 e. The van der Waals surface area contributed by atoms with Crippen LogP contribution in [0.3, 0.4) is 0 Å². The molecule has 1 aliphatic heterocycles. The van der Waals surface area contributed by atoms with Crippen molar-refractivity contribution in [1.82, 2.24) is 15.2 Å². The molecule has 0 saturated heterocycles. The lowest BCUT2D eigenvalue weighted by molar-refractivity contribution is 0.174. The van der Waals surface area contributed by atoms with Gasteiger partial charge in [0.05, 0.1) is 6.20 Å². The van der Waals surface area contributed by atoms with E-state index >= 15 is 0 Å². The van der Waals surface area contributed by atoms with E-state index in [1.54, 1.807) is 6.20 Å².